The van der Waals surface area contributed by atoms with Crippen LogP contribution in [0.3, 0.4) is 0 Å². The number of aliphatic hydroxyl groups excluding tert-OH is 2. The lowest BCUT2D eigenvalue weighted by molar-refractivity contribution is -0.188. The van der Waals surface area contributed by atoms with Gasteiger partial charge in [0.25, 0.3) is 0 Å². The molecule has 5 heteroatoms. The molecule has 3 N–H and O–H groups in total. The fourth-order valence-corrected chi connectivity index (χ4v) is 1.76. The van der Waals surface area contributed by atoms with Crippen molar-refractivity contribution in [1.29, 1.82) is 0 Å². The molecule has 0 aromatic heterocycles. The number of ether oxygens (including phenoxy) is 2. The zero-order valence-electron chi connectivity index (χ0n) is 6.51. The van der Waals surface area contributed by atoms with Crippen LogP contribution < -0.4 is 0 Å². The zero-order chi connectivity index (χ0) is 8.77. The van der Waals surface area contributed by atoms with Gasteiger partial charge in [-0.2, -0.15) is 0 Å². The molecule has 2 rings (SSSR count). The Labute approximate surface area is 69.5 Å². The third kappa shape index (κ3) is 0.915. The van der Waals surface area contributed by atoms with Crippen LogP contribution in [0, 0.1) is 0 Å². The molecule has 0 spiro atoms. The summed E-state index contributed by atoms with van der Waals surface area (Å²) in [7, 11) is 0. The van der Waals surface area contributed by atoms with Crippen molar-refractivity contribution in [3.8, 4) is 0 Å². The molecule has 0 radical (unpaired) electrons. The molecular formula is C7H12O5. The monoisotopic (exact) mass is 176 g/mol. The number of aliphatic hydroxyl groups is 3. The number of hydrogen-bond donors (Lipinski definition) is 3. The molecule has 2 saturated heterocycles. The molecule has 2 heterocycles. The van der Waals surface area contributed by atoms with Crippen molar-refractivity contribution in [2.75, 3.05) is 13.2 Å². The highest BCUT2D eigenvalue weighted by Gasteiger charge is 2.57. The van der Waals surface area contributed by atoms with Gasteiger partial charge in [-0.3, -0.25) is 0 Å². The molecule has 0 aliphatic carbocycles. The predicted octanol–water partition coefficient (Wildman–Crippen LogP) is -1.78. The Balaban J connectivity index is 2.23. The van der Waals surface area contributed by atoms with Crippen LogP contribution in [0.2, 0.25) is 0 Å². The highest BCUT2D eigenvalue weighted by Crippen LogP contribution is 2.37. The molecule has 4 atom stereocenters. The maximum Gasteiger partial charge on any atom is 0.186 e. The first-order valence-corrected chi connectivity index (χ1v) is 3.97. The van der Waals surface area contributed by atoms with Gasteiger partial charge in [-0.15, -0.1) is 0 Å². The largest absolute Gasteiger partial charge is 0.394 e. The number of hydrogen-bond acceptors (Lipinski definition) is 5. The Kier molecular flexibility index (Phi) is 1.85. The standard InChI is InChI=1S/C7H12O5/c8-3-4-7(10)1-2-11-6(12-4)5(7)9/h4-6,8-10H,1-3H2/t4-,5+,6-,7-/m1/s1. The molecule has 12 heavy (non-hydrogen) atoms. The summed E-state index contributed by atoms with van der Waals surface area (Å²) >= 11 is 0. The van der Waals surface area contributed by atoms with E-state index in [0.717, 1.165) is 0 Å². The Bertz CT molecular complexity index is 185. The molecule has 2 fully saturated rings. The molecule has 2 bridgehead atoms. The summed E-state index contributed by atoms with van der Waals surface area (Å²) in [5.41, 5.74) is -1.32. The summed E-state index contributed by atoms with van der Waals surface area (Å²) in [4.78, 5) is 0. The SMILES string of the molecule is OC[C@H]1O[C@H]2OCC[C@]1(O)[C@H]2O. The Morgan fingerprint density at radius 2 is 2.25 bits per heavy atom. The lowest BCUT2D eigenvalue weighted by Gasteiger charge is -2.32. The Morgan fingerprint density at radius 1 is 1.50 bits per heavy atom. The summed E-state index contributed by atoms with van der Waals surface area (Å²) in [6, 6.07) is 0. The quantitative estimate of drug-likeness (QED) is 0.440. The summed E-state index contributed by atoms with van der Waals surface area (Å²) in [6.45, 7) is 0.0577. The van der Waals surface area contributed by atoms with Crippen molar-refractivity contribution in [1.82, 2.24) is 0 Å². The van der Waals surface area contributed by atoms with Crippen LogP contribution in [-0.2, 0) is 9.47 Å². The Morgan fingerprint density at radius 3 is 2.83 bits per heavy atom. The van der Waals surface area contributed by atoms with Crippen LogP contribution >= 0.6 is 0 Å². The van der Waals surface area contributed by atoms with Gasteiger partial charge in [0.15, 0.2) is 6.29 Å². The van der Waals surface area contributed by atoms with E-state index in [9.17, 15) is 10.2 Å². The molecule has 0 aromatic rings. The highest BCUT2D eigenvalue weighted by atomic mass is 16.7. The van der Waals surface area contributed by atoms with E-state index in [-0.39, 0.29) is 6.61 Å². The van der Waals surface area contributed by atoms with Crippen LogP contribution in [0.5, 0.6) is 0 Å². The molecule has 0 saturated carbocycles. The van der Waals surface area contributed by atoms with Crippen molar-refractivity contribution in [2.45, 2.75) is 30.5 Å². The normalized spacial score (nSPS) is 52.8. The summed E-state index contributed by atoms with van der Waals surface area (Å²) in [6.07, 6.45) is -2.24. The first-order valence-electron chi connectivity index (χ1n) is 3.97. The topological polar surface area (TPSA) is 79.2 Å². The fraction of sp³-hybridized carbons (Fsp3) is 1.00. The average Bonchev–Trinajstić information content (AvgIpc) is 2.22. The van der Waals surface area contributed by atoms with Crippen molar-refractivity contribution >= 4 is 0 Å². The van der Waals surface area contributed by atoms with Gasteiger partial charge in [0.05, 0.1) is 13.2 Å². The maximum absolute atomic E-state index is 9.83. The summed E-state index contributed by atoms with van der Waals surface area (Å²) in [5.74, 6) is 0. The first kappa shape index (κ1) is 8.40. The van der Waals surface area contributed by atoms with E-state index in [1.165, 1.54) is 0 Å². The van der Waals surface area contributed by atoms with E-state index in [2.05, 4.69) is 0 Å². The fourth-order valence-electron chi connectivity index (χ4n) is 1.76. The van der Waals surface area contributed by atoms with Crippen LogP contribution in [-0.4, -0.2) is 52.6 Å². The molecule has 2 aliphatic heterocycles. The molecule has 0 amide bonds. The van der Waals surface area contributed by atoms with Crippen molar-refractivity contribution in [3.63, 3.8) is 0 Å². The summed E-state index contributed by atoms with van der Waals surface area (Å²) < 4.78 is 10.1. The van der Waals surface area contributed by atoms with Crippen LogP contribution in [0.4, 0.5) is 0 Å². The molecule has 0 aromatic carbocycles. The van der Waals surface area contributed by atoms with Gasteiger partial charge < -0.3 is 24.8 Å². The average molecular weight is 176 g/mol. The van der Waals surface area contributed by atoms with Gasteiger partial charge in [-0.25, -0.2) is 0 Å². The third-order valence-electron chi connectivity index (χ3n) is 2.58. The second kappa shape index (κ2) is 2.65. The second-order valence-corrected chi connectivity index (χ2v) is 3.23. The predicted molar refractivity (Wildman–Crippen MR) is 37.3 cm³/mol. The third-order valence-corrected chi connectivity index (χ3v) is 2.58. The van der Waals surface area contributed by atoms with Gasteiger partial charge in [-0.1, -0.05) is 0 Å². The first-order chi connectivity index (χ1) is 5.68. The minimum atomic E-state index is -1.32. The molecular weight excluding hydrogens is 164 g/mol. The smallest absolute Gasteiger partial charge is 0.186 e. The summed E-state index contributed by atoms with van der Waals surface area (Å²) in [5, 5.41) is 28.1. The Hall–Kier alpha value is -0.200. The van der Waals surface area contributed by atoms with Gasteiger partial charge in [0.1, 0.15) is 17.8 Å². The lowest BCUT2D eigenvalue weighted by Crippen LogP contribution is -2.53. The minimum absolute atomic E-state index is 0.298. The molecule has 0 unspecified atom stereocenters. The minimum Gasteiger partial charge on any atom is -0.394 e. The highest BCUT2D eigenvalue weighted by molar-refractivity contribution is 5.03. The van der Waals surface area contributed by atoms with E-state index < -0.39 is 24.1 Å². The second-order valence-electron chi connectivity index (χ2n) is 3.23. The van der Waals surface area contributed by atoms with Gasteiger partial charge in [0, 0.05) is 6.42 Å². The molecule has 2 aliphatic rings. The maximum atomic E-state index is 9.83. The van der Waals surface area contributed by atoms with Gasteiger partial charge in [-0.05, 0) is 0 Å². The zero-order valence-corrected chi connectivity index (χ0v) is 6.51. The van der Waals surface area contributed by atoms with E-state index in [1.807, 2.05) is 0 Å². The van der Waals surface area contributed by atoms with Gasteiger partial charge in [0.2, 0.25) is 0 Å². The van der Waals surface area contributed by atoms with Crippen molar-refractivity contribution in [2.24, 2.45) is 0 Å². The molecule has 70 valence electrons. The van der Waals surface area contributed by atoms with E-state index in [1.54, 1.807) is 0 Å². The van der Waals surface area contributed by atoms with Gasteiger partial charge >= 0.3 is 0 Å². The van der Waals surface area contributed by atoms with Crippen LogP contribution in [0.25, 0.3) is 0 Å². The van der Waals surface area contributed by atoms with E-state index in [0.29, 0.717) is 13.0 Å². The van der Waals surface area contributed by atoms with Crippen LogP contribution in [0.15, 0.2) is 0 Å². The van der Waals surface area contributed by atoms with Crippen molar-refractivity contribution < 1.29 is 24.8 Å². The van der Waals surface area contributed by atoms with Crippen LogP contribution in [0.1, 0.15) is 6.42 Å². The van der Waals surface area contributed by atoms with E-state index >= 15 is 0 Å². The van der Waals surface area contributed by atoms with E-state index in [4.69, 9.17) is 14.6 Å². The van der Waals surface area contributed by atoms with Crippen molar-refractivity contribution in [3.05, 3.63) is 0 Å². The molecule has 5 nitrogen and oxygen atoms in total. The lowest BCUT2D eigenvalue weighted by atomic mass is 9.88. The number of fused-ring (bicyclic) bond motifs is 2. The number of rotatable bonds is 1.